The molecule has 0 aliphatic carbocycles. The van der Waals surface area contributed by atoms with Crippen LogP contribution in [0.4, 0.5) is 0 Å². The van der Waals surface area contributed by atoms with E-state index in [0.29, 0.717) is 24.2 Å². The first kappa shape index (κ1) is 16.9. The zero-order valence-corrected chi connectivity index (χ0v) is 15.4. The Morgan fingerprint density at radius 3 is 3.12 bits per heavy atom. The number of nitrogens with one attached hydrogen (secondary N) is 4. The van der Waals surface area contributed by atoms with Crippen LogP contribution in [0.15, 0.2) is 11.1 Å². The second-order valence-electron chi connectivity index (χ2n) is 6.42. The molecule has 0 aromatic carbocycles. The summed E-state index contributed by atoms with van der Waals surface area (Å²) < 4.78 is 0. The lowest BCUT2D eigenvalue weighted by atomic mass is 10.1. The topological polar surface area (TPSA) is 116 Å². The normalized spacial score (nSPS) is 16.6. The molecular formula is C17H20N6O2S. The zero-order chi connectivity index (χ0) is 18.3. The van der Waals surface area contributed by atoms with E-state index < -0.39 is 6.04 Å². The fraction of sp³-hybridized carbons (Fsp3) is 0.412. The van der Waals surface area contributed by atoms with Crippen molar-refractivity contribution in [2.24, 2.45) is 0 Å². The molecule has 4 heterocycles. The number of thiophene rings is 1. The fourth-order valence-corrected chi connectivity index (χ4v) is 4.31. The fourth-order valence-electron chi connectivity index (χ4n) is 3.26. The van der Waals surface area contributed by atoms with Gasteiger partial charge >= 0.3 is 0 Å². The largest absolute Gasteiger partial charge is 0.354 e. The number of carbonyl (C=O) groups excluding carboxylic acids is 1. The molecule has 0 spiro atoms. The predicted octanol–water partition coefficient (Wildman–Crippen LogP) is 0.870. The first-order valence-corrected chi connectivity index (χ1v) is 9.38. The van der Waals surface area contributed by atoms with Crippen molar-refractivity contribution in [1.29, 1.82) is 0 Å². The molecule has 136 valence electrons. The Balaban J connectivity index is 1.43. The molecule has 0 bridgehead atoms. The highest BCUT2D eigenvalue weighted by atomic mass is 32.1. The number of imidazole rings is 1. The maximum Gasteiger partial charge on any atom is 0.259 e. The van der Waals surface area contributed by atoms with Crippen molar-refractivity contribution in [2.75, 3.05) is 13.1 Å². The lowest BCUT2D eigenvalue weighted by molar-refractivity contribution is -0.123. The third-order valence-electron chi connectivity index (χ3n) is 4.76. The number of hydrogen-bond acceptors (Lipinski definition) is 6. The molecule has 1 aliphatic rings. The third kappa shape index (κ3) is 2.93. The number of H-pyrrole nitrogens is 2. The van der Waals surface area contributed by atoms with Gasteiger partial charge in [-0.15, -0.1) is 11.3 Å². The Bertz CT molecular complexity index is 1030. The molecule has 0 radical (unpaired) electrons. The Morgan fingerprint density at radius 2 is 2.27 bits per heavy atom. The number of aromatic nitrogens is 4. The molecule has 0 saturated carbocycles. The van der Waals surface area contributed by atoms with Gasteiger partial charge in [-0.25, -0.2) is 9.97 Å². The summed E-state index contributed by atoms with van der Waals surface area (Å²) >= 11 is 1.52. The standard InChI is InChI=1S/C17H20N6O2S/c1-8-9(2)26-17-12(8)15(24)22-11(23-17)4-6-19-16(25)14-13-10(3-5-18-14)20-7-21-13/h7,14,18H,3-6H2,1-2H3,(H,19,25)(H,20,21)(H,22,23,24)/t14-/m1/s1. The number of aryl methyl sites for hydroxylation is 2. The van der Waals surface area contributed by atoms with Crippen LogP contribution in [0, 0.1) is 13.8 Å². The van der Waals surface area contributed by atoms with Crippen molar-refractivity contribution in [3.63, 3.8) is 0 Å². The highest BCUT2D eigenvalue weighted by Gasteiger charge is 2.28. The quantitative estimate of drug-likeness (QED) is 0.542. The summed E-state index contributed by atoms with van der Waals surface area (Å²) in [7, 11) is 0. The Morgan fingerprint density at radius 1 is 1.42 bits per heavy atom. The van der Waals surface area contributed by atoms with Gasteiger partial charge in [0.15, 0.2) is 0 Å². The minimum Gasteiger partial charge on any atom is -0.354 e. The maximum absolute atomic E-state index is 12.5. The number of rotatable bonds is 4. The van der Waals surface area contributed by atoms with Crippen molar-refractivity contribution in [2.45, 2.75) is 32.7 Å². The molecule has 1 atom stereocenters. The minimum atomic E-state index is -0.443. The summed E-state index contributed by atoms with van der Waals surface area (Å²) in [6.45, 7) is 5.05. The van der Waals surface area contributed by atoms with E-state index in [4.69, 9.17) is 0 Å². The van der Waals surface area contributed by atoms with E-state index in [0.717, 1.165) is 39.6 Å². The summed E-state index contributed by atoms with van der Waals surface area (Å²) in [5, 5.41) is 6.75. The van der Waals surface area contributed by atoms with E-state index in [-0.39, 0.29) is 11.5 Å². The molecule has 0 fully saturated rings. The second kappa shape index (κ2) is 6.65. The van der Waals surface area contributed by atoms with Crippen LogP contribution in [0.3, 0.4) is 0 Å². The van der Waals surface area contributed by atoms with Gasteiger partial charge in [-0.1, -0.05) is 0 Å². The lowest BCUT2D eigenvalue weighted by Crippen LogP contribution is -2.42. The molecule has 3 aromatic heterocycles. The van der Waals surface area contributed by atoms with Gasteiger partial charge in [-0.3, -0.25) is 9.59 Å². The van der Waals surface area contributed by atoms with E-state index in [9.17, 15) is 9.59 Å². The smallest absolute Gasteiger partial charge is 0.259 e. The van der Waals surface area contributed by atoms with Crippen LogP contribution in [0.1, 0.15) is 33.7 Å². The molecule has 0 saturated heterocycles. The molecule has 9 heteroatoms. The van der Waals surface area contributed by atoms with E-state index in [1.165, 1.54) is 11.3 Å². The summed E-state index contributed by atoms with van der Waals surface area (Å²) in [6.07, 6.45) is 2.92. The molecule has 4 N–H and O–H groups in total. The average Bonchev–Trinajstić information content (AvgIpc) is 3.19. The van der Waals surface area contributed by atoms with Crippen LogP contribution in [0.2, 0.25) is 0 Å². The van der Waals surface area contributed by atoms with Gasteiger partial charge in [-0.2, -0.15) is 0 Å². The number of aromatic amines is 2. The highest BCUT2D eigenvalue weighted by Crippen LogP contribution is 2.25. The minimum absolute atomic E-state index is 0.117. The first-order chi connectivity index (χ1) is 12.5. The van der Waals surface area contributed by atoms with Crippen molar-refractivity contribution in [3.8, 4) is 0 Å². The van der Waals surface area contributed by atoms with Gasteiger partial charge in [0, 0.05) is 36.5 Å². The molecule has 1 amide bonds. The number of nitrogens with zero attached hydrogens (tertiary/aromatic N) is 2. The van der Waals surface area contributed by atoms with E-state index in [2.05, 4.69) is 30.6 Å². The van der Waals surface area contributed by atoms with Gasteiger partial charge in [0.2, 0.25) is 5.91 Å². The molecule has 4 rings (SSSR count). The number of amides is 1. The first-order valence-electron chi connectivity index (χ1n) is 8.56. The molecular weight excluding hydrogens is 352 g/mol. The van der Waals surface area contributed by atoms with Gasteiger partial charge in [0.25, 0.3) is 5.56 Å². The van der Waals surface area contributed by atoms with Crippen LogP contribution < -0.4 is 16.2 Å². The van der Waals surface area contributed by atoms with E-state index in [1.807, 2.05) is 13.8 Å². The molecule has 8 nitrogen and oxygen atoms in total. The maximum atomic E-state index is 12.5. The summed E-state index contributed by atoms with van der Waals surface area (Å²) in [6, 6.07) is -0.443. The molecule has 0 unspecified atom stereocenters. The van der Waals surface area contributed by atoms with E-state index in [1.54, 1.807) is 6.33 Å². The number of hydrogen-bond donors (Lipinski definition) is 4. The van der Waals surface area contributed by atoms with Crippen LogP contribution in [0.5, 0.6) is 0 Å². The summed E-state index contributed by atoms with van der Waals surface area (Å²) in [4.78, 5) is 41.3. The van der Waals surface area contributed by atoms with E-state index >= 15 is 0 Å². The summed E-state index contributed by atoms with van der Waals surface area (Å²) in [5.74, 6) is 0.463. The van der Waals surface area contributed by atoms with Gasteiger partial charge in [0.1, 0.15) is 16.7 Å². The Kier molecular flexibility index (Phi) is 4.33. The van der Waals surface area contributed by atoms with Gasteiger partial charge in [0.05, 0.1) is 17.4 Å². The van der Waals surface area contributed by atoms with Crippen LogP contribution in [-0.2, 0) is 17.6 Å². The lowest BCUT2D eigenvalue weighted by Gasteiger charge is -2.22. The van der Waals surface area contributed by atoms with Crippen molar-refractivity contribution in [1.82, 2.24) is 30.6 Å². The SMILES string of the molecule is Cc1sc2nc(CCNC(=O)[C@@H]3NCCc4[nH]cnc43)[nH]c(=O)c2c1C. The van der Waals surface area contributed by atoms with Crippen molar-refractivity contribution >= 4 is 27.5 Å². The molecule has 3 aromatic rings. The monoisotopic (exact) mass is 372 g/mol. The Labute approximate surface area is 153 Å². The number of fused-ring (bicyclic) bond motifs is 2. The summed E-state index contributed by atoms with van der Waals surface area (Å²) in [5.41, 5.74) is 2.63. The third-order valence-corrected chi connectivity index (χ3v) is 5.86. The van der Waals surface area contributed by atoms with Crippen molar-refractivity contribution < 1.29 is 4.79 Å². The predicted molar refractivity (Wildman–Crippen MR) is 99.5 cm³/mol. The average molecular weight is 372 g/mol. The van der Waals surface area contributed by atoms with Crippen molar-refractivity contribution in [3.05, 3.63) is 44.3 Å². The van der Waals surface area contributed by atoms with Gasteiger partial charge < -0.3 is 20.6 Å². The van der Waals surface area contributed by atoms with Crippen LogP contribution in [-0.4, -0.2) is 38.9 Å². The molecule has 26 heavy (non-hydrogen) atoms. The Hall–Kier alpha value is -2.52. The zero-order valence-electron chi connectivity index (χ0n) is 14.6. The van der Waals surface area contributed by atoms with Crippen LogP contribution in [0.25, 0.3) is 10.2 Å². The highest BCUT2D eigenvalue weighted by molar-refractivity contribution is 7.18. The molecule has 1 aliphatic heterocycles. The van der Waals surface area contributed by atoms with Gasteiger partial charge in [-0.05, 0) is 19.4 Å². The second-order valence-corrected chi connectivity index (χ2v) is 7.62. The number of carbonyl (C=O) groups is 1. The van der Waals surface area contributed by atoms with Crippen LogP contribution >= 0.6 is 11.3 Å².